The summed E-state index contributed by atoms with van der Waals surface area (Å²) in [5.41, 5.74) is 3.32. The van der Waals surface area contributed by atoms with E-state index in [1.54, 1.807) is 0 Å². The summed E-state index contributed by atoms with van der Waals surface area (Å²) in [4.78, 5) is 21.8. The van der Waals surface area contributed by atoms with Gasteiger partial charge in [0.25, 0.3) is 0 Å². The van der Waals surface area contributed by atoms with Gasteiger partial charge >= 0.3 is 0 Å². The molecule has 1 amide bonds. The Morgan fingerprint density at radius 2 is 2.24 bits per heavy atom. The molecule has 5 heteroatoms. The van der Waals surface area contributed by atoms with E-state index >= 15 is 0 Å². The summed E-state index contributed by atoms with van der Waals surface area (Å²) in [5, 5.41) is 2.84. The average Bonchev–Trinajstić information content (AvgIpc) is 2.91. The number of rotatable bonds is 3. The lowest BCUT2D eigenvalue weighted by Crippen LogP contribution is -2.29. The second-order valence-corrected chi connectivity index (χ2v) is 5.82. The fourth-order valence-electron chi connectivity index (χ4n) is 2.95. The van der Waals surface area contributed by atoms with Crippen molar-refractivity contribution in [1.82, 2.24) is 14.9 Å². The first-order chi connectivity index (χ1) is 10.2. The highest BCUT2D eigenvalue weighted by Gasteiger charge is 2.21. The van der Waals surface area contributed by atoms with Gasteiger partial charge in [0.2, 0.25) is 5.91 Å². The van der Waals surface area contributed by atoms with Gasteiger partial charge in [-0.1, -0.05) is 6.92 Å². The highest BCUT2D eigenvalue weighted by molar-refractivity contribution is 5.91. The van der Waals surface area contributed by atoms with Crippen LogP contribution in [0, 0.1) is 0 Å². The van der Waals surface area contributed by atoms with Gasteiger partial charge in [-0.15, -0.1) is 0 Å². The summed E-state index contributed by atoms with van der Waals surface area (Å²) in [6.45, 7) is 4.10. The molecule has 0 aliphatic carbocycles. The van der Waals surface area contributed by atoms with Crippen LogP contribution in [0.1, 0.15) is 37.7 Å². The van der Waals surface area contributed by atoms with Crippen molar-refractivity contribution in [3.8, 4) is 0 Å². The van der Waals surface area contributed by atoms with E-state index in [9.17, 15) is 4.79 Å². The molecule has 21 heavy (non-hydrogen) atoms. The quantitative estimate of drug-likeness (QED) is 0.913. The van der Waals surface area contributed by atoms with Crippen molar-refractivity contribution in [1.29, 1.82) is 0 Å². The molecule has 1 saturated heterocycles. The van der Waals surface area contributed by atoms with E-state index in [1.165, 1.54) is 5.56 Å². The minimum absolute atomic E-state index is 0.00164. The minimum atomic E-state index is -0.00164. The van der Waals surface area contributed by atoms with Crippen molar-refractivity contribution in [3.05, 3.63) is 23.9 Å². The summed E-state index contributed by atoms with van der Waals surface area (Å²) >= 11 is 0. The molecule has 3 heterocycles. The first kappa shape index (κ1) is 14.1. The zero-order valence-corrected chi connectivity index (χ0v) is 12.6. The Kier molecular flexibility index (Phi) is 3.92. The van der Waals surface area contributed by atoms with Gasteiger partial charge in [0.15, 0.2) is 0 Å². The van der Waals surface area contributed by atoms with Crippen LogP contribution in [0.25, 0.3) is 11.0 Å². The molecule has 5 nitrogen and oxygen atoms in total. The number of fused-ring (bicyclic) bond motifs is 1. The Morgan fingerprint density at radius 1 is 1.48 bits per heavy atom. The van der Waals surface area contributed by atoms with Crippen molar-refractivity contribution in [2.75, 3.05) is 25.5 Å². The predicted octanol–water partition coefficient (Wildman–Crippen LogP) is 2.72. The van der Waals surface area contributed by atoms with E-state index in [2.05, 4.69) is 33.4 Å². The van der Waals surface area contributed by atoms with Crippen molar-refractivity contribution < 1.29 is 4.79 Å². The molecule has 1 fully saturated rings. The van der Waals surface area contributed by atoms with Gasteiger partial charge in [0, 0.05) is 12.6 Å². The molecule has 0 unspecified atom stereocenters. The maximum atomic E-state index is 11.5. The summed E-state index contributed by atoms with van der Waals surface area (Å²) < 4.78 is 0. The van der Waals surface area contributed by atoms with Gasteiger partial charge in [0.1, 0.15) is 5.82 Å². The van der Waals surface area contributed by atoms with Crippen LogP contribution in [0.2, 0.25) is 0 Å². The lowest BCUT2D eigenvalue weighted by molar-refractivity contribution is -0.115. The van der Waals surface area contributed by atoms with E-state index in [1.807, 2.05) is 19.1 Å². The number of aromatic amines is 1. The molecule has 1 aliphatic rings. The third kappa shape index (κ3) is 2.93. The van der Waals surface area contributed by atoms with Crippen LogP contribution in [-0.2, 0) is 4.79 Å². The Labute approximate surface area is 124 Å². The molecule has 2 aromatic heterocycles. The first-order valence-electron chi connectivity index (χ1n) is 7.63. The molecule has 3 rings (SSSR count). The number of H-pyrrole nitrogens is 1. The monoisotopic (exact) mass is 288 g/mol. The molecule has 2 N–H and O–H groups in total. The number of hydrogen-bond donors (Lipinski definition) is 2. The number of likely N-dealkylation sites (tertiary alicyclic amines) is 1. The number of hydrogen-bond acceptors (Lipinski definition) is 3. The Hall–Kier alpha value is -1.88. The normalized spacial score (nSPS) is 17.2. The third-order valence-corrected chi connectivity index (χ3v) is 4.30. The van der Waals surface area contributed by atoms with Crippen LogP contribution in [0.15, 0.2) is 18.3 Å². The number of carbonyl (C=O) groups excluding carboxylic acids is 1. The van der Waals surface area contributed by atoms with Crippen LogP contribution in [0.5, 0.6) is 0 Å². The van der Waals surface area contributed by atoms with E-state index in [0.717, 1.165) is 37.0 Å². The molecule has 0 aromatic carbocycles. The van der Waals surface area contributed by atoms with Crippen molar-refractivity contribution in [2.45, 2.75) is 32.1 Å². The third-order valence-electron chi connectivity index (χ3n) is 4.30. The average molecular weight is 288 g/mol. The molecular formula is C16H22N4O. The van der Waals surface area contributed by atoms with Gasteiger partial charge < -0.3 is 15.2 Å². The highest BCUT2D eigenvalue weighted by Crippen LogP contribution is 2.32. The van der Waals surface area contributed by atoms with E-state index in [4.69, 9.17) is 0 Å². The van der Waals surface area contributed by atoms with Gasteiger partial charge in [-0.05, 0) is 56.6 Å². The van der Waals surface area contributed by atoms with E-state index in [0.29, 0.717) is 18.2 Å². The van der Waals surface area contributed by atoms with E-state index < -0.39 is 0 Å². The highest BCUT2D eigenvalue weighted by atomic mass is 16.1. The number of carbonyl (C=O) groups is 1. The second-order valence-electron chi connectivity index (χ2n) is 5.82. The van der Waals surface area contributed by atoms with Crippen LogP contribution in [0.4, 0.5) is 5.82 Å². The number of amides is 1. The summed E-state index contributed by atoms with van der Waals surface area (Å²) in [6.07, 6.45) is 4.88. The lowest BCUT2D eigenvalue weighted by Gasteiger charge is -2.28. The molecule has 2 aromatic rings. The predicted molar refractivity (Wildman–Crippen MR) is 84.5 cm³/mol. The van der Waals surface area contributed by atoms with Crippen LogP contribution in [-0.4, -0.2) is 40.9 Å². The van der Waals surface area contributed by atoms with Gasteiger partial charge in [-0.2, -0.15) is 0 Å². The smallest absolute Gasteiger partial charge is 0.225 e. The fourth-order valence-corrected chi connectivity index (χ4v) is 2.95. The number of aromatic nitrogens is 2. The maximum Gasteiger partial charge on any atom is 0.225 e. The van der Waals surface area contributed by atoms with Gasteiger partial charge in [-0.25, -0.2) is 4.98 Å². The van der Waals surface area contributed by atoms with Crippen molar-refractivity contribution in [3.63, 3.8) is 0 Å². The number of nitrogens with one attached hydrogen (secondary N) is 2. The number of nitrogens with zero attached hydrogens (tertiary/aromatic N) is 2. The Balaban J connectivity index is 1.88. The molecule has 1 aliphatic heterocycles. The zero-order chi connectivity index (χ0) is 14.8. The van der Waals surface area contributed by atoms with Gasteiger partial charge in [0.05, 0.1) is 11.0 Å². The molecule has 0 saturated carbocycles. The summed E-state index contributed by atoms with van der Waals surface area (Å²) in [7, 11) is 2.17. The zero-order valence-electron chi connectivity index (χ0n) is 12.6. The minimum Gasteiger partial charge on any atom is -0.360 e. The number of pyridine rings is 1. The second kappa shape index (κ2) is 5.85. The number of anilines is 1. The summed E-state index contributed by atoms with van der Waals surface area (Å²) in [5.74, 6) is 1.20. The standard InChI is InChI=1S/C16H22N4O/c1-3-15(21)18-14-5-4-13-16(19-14)12(10-17-13)11-6-8-20(2)9-7-11/h4-5,10-11,17H,3,6-9H2,1-2H3,(H,18,19,21)/i10+2. The largest absolute Gasteiger partial charge is 0.360 e. The summed E-state index contributed by atoms with van der Waals surface area (Å²) in [6, 6.07) is 3.84. The molecule has 0 radical (unpaired) electrons. The van der Waals surface area contributed by atoms with E-state index in [-0.39, 0.29) is 5.91 Å². The maximum absolute atomic E-state index is 11.5. The number of piperidine rings is 1. The fraction of sp³-hybridized carbons (Fsp3) is 0.500. The Morgan fingerprint density at radius 3 is 2.95 bits per heavy atom. The van der Waals surface area contributed by atoms with Crippen LogP contribution in [0.3, 0.4) is 0 Å². The lowest BCUT2D eigenvalue weighted by atomic mass is 9.93. The molecular weight excluding hydrogens is 266 g/mol. The molecule has 0 bridgehead atoms. The topological polar surface area (TPSA) is 61.0 Å². The SMILES string of the molecule is CCC(=O)Nc1ccc2[nH][14cH]c(C3CCN(C)CC3)c2n1. The molecule has 0 atom stereocenters. The Bertz CT molecular complexity index is 641. The molecule has 112 valence electrons. The van der Waals surface area contributed by atoms with Crippen molar-refractivity contribution >= 4 is 22.8 Å². The van der Waals surface area contributed by atoms with Crippen LogP contribution >= 0.6 is 0 Å². The molecule has 0 spiro atoms. The first-order valence-corrected chi connectivity index (χ1v) is 7.63. The van der Waals surface area contributed by atoms with Gasteiger partial charge in [-0.3, -0.25) is 4.79 Å². The van der Waals surface area contributed by atoms with Crippen molar-refractivity contribution in [2.24, 2.45) is 0 Å². The van der Waals surface area contributed by atoms with Crippen LogP contribution < -0.4 is 5.32 Å².